The van der Waals surface area contributed by atoms with Crippen molar-refractivity contribution in [3.05, 3.63) is 6.33 Å². The summed E-state index contributed by atoms with van der Waals surface area (Å²) in [5, 5.41) is 14.1. The van der Waals surface area contributed by atoms with Gasteiger partial charge in [-0.1, -0.05) is 0 Å². The number of carbonyl (C=O) groups excluding carboxylic acids is 1. The van der Waals surface area contributed by atoms with E-state index in [1.165, 1.54) is 11.0 Å². The van der Waals surface area contributed by atoms with Gasteiger partial charge in [-0.15, -0.1) is 5.10 Å². The fraction of sp³-hybridized carbons (Fsp3) is 0.800. The van der Waals surface area contributed by atoms with Crippen LogP contribution in [0.15, 0.2) is 6.33 Å². The minimum absolute atomic E-state index is 0.0914. The summed E-state index contributed by atoms with van der Waals surface area (Å²) >= 11 is 0. The quantitative estimate of drug-likeness (QED) is 0.656. The highest BCUT2D eigenvalue weighted by Crippen LogP contribution is 2.15. The van der Waals surface area contributed by atoms with E-state index in [1.54, 1.807) is 0 Å². The first-order valence-corrected chi connectivity index (χ1v) is 6.26. The molecule has 8 heteroatoms. The maximum absolute atomic E-state index is 11.9. The molecular formula is C10H17N7O. The molecule has 0 aromatic carbocycles. The number of piperazine rings is 1. The van der Waals surface area contributed by atoms with Crippen molar-refractivity contribution in [3.8, 4) is 0 Å². The minimum Gasteiger partial charge on any atom is -0.338 e. The zero-order chi connectivity index (χ0) is 12.4. The highest BCUT2D eigenvalue weighted by molar-refractivity contribution is 5.76. The lowest BCUT2D eigenvalue weighted by molar-refractivity contribution is -0.139. The second-order valence-electron chi connectivity index (χ2n) is 4.75. The standard InChI is InChI=1S/C10H17N7O/c18-10(7-17-8-12-13-14-17)16-5-9(6-16)15-3-1-11-2-4-15/h8-9,11H,1-7H2. The Labute approximate surface area is 105 Å². The van der Waals surface area contributed by atoms with Gasteiger partial charge < -0.3 is 10.2 Å². The molecule has 1 N–H and O–H groups in total. The number of hydrogen-bond acceptors (Lipinski definition) is 6. The molecule has 1 aromatic heterocycles. The predicted molar refractivity (Wildman–Crippen MR) is 62.6 cm³/mol. The Bertz CT molecular complexity index is 394. The van der Waals surface area contributed by atoms with E-state index < -0.39 is 0 Å². The molecule has 2 aliphatic heterocycles. The fourth-order valence-corrected chi connectivity index (χ4v) is 2.43. The van der Waals surface area contributed by atoms with Crippen LogP contribution in [-0.4, -0.2) is 81.2 Å². The average molecular weight is 251 g/mol. The third-order valence-corrected chi connectivity index (χ3v) is 3.57. The highest BCUT2D eigenvalue weighted by atomic mass is 16.2. The van der Waals surface area contributed by atoms with Crippen molar-refractivity contribution in [2.24, 2.45) is 0 Å². The number of tetrazole rings is 1. The van der Waals surface area contributed by atoms with Crippen LogP contribution in [0.4, 0.5) is 0 Å². The summed E-state index contributed by atoms with van der Waals surface area (Å²) in [5.41, 5.74) is 0. The normalized spacial score (nSPS) is 21.9. The highest BCUT2D eigenvalue weighted by Gasteiger charge is 2.34. The molecule has 0 radical (unpaired) electrons. The second-order valence-corrected chi connectivity index (χ2v) is 4.75. The van der Waals surface area contributed by atoms with Gasteiger partial charge >= 0.3 is 0 Å². The molecule has 0 atom stereocenters. The van der Waals surface area contributed by atoms with Gasteiger partial charge in [-0.2, -0.15) is 0 Å². The van der Waals surface area contributed by atoms with E-state index in [0.29, 0.717) is 6.04 Å². The van der Waals surface area contributed by atoms with E-state index in [4.69, 9.17) is 0 Å². The first-order valence-electron chi connectivity index (χ1n) is 6.26. The third-order valence-electron chi connectivity index (χ3n) is 3.57. The Kier molecular flexibility index (Phi) is 3.20. The summed E-state index contributed by atoms with van der Waals surface area (Å²) in [4.78, 5) is 16.2. The van der Waals surface area contributed by atoms with Crippen molar-refractivity contribution in [2.75, 3.05) is 39.3 Å². The van der Waals surface area contributed by atoms with E-state index in [2.05, 4.69) is 25.7 Å². The van der Waals surface area contributed by atoms with Gasteiger partial charge in [0.2, 0.25) is 5.91 Å². The first kappa shape index (κ1) is 11.5. The molecule has 2 fully saturated rings. The van der Waals surface area contributed by atoms with Crippen molar-refractivity contribution < 1.29 is 4.79 Å². The van der Waals surface area contributed by atoms with Crippen molar-refractivity contribution in [1.29, 1.82) is 0 Å². The Morgan fingerprint density at radius 1 is 1.33 bits per heavy atom. The van der Waals surface area contributed by atoms with E-state index in [-0.39, 0.29) is 12.5 Å². The number of nitrogens with one attached hydrogen (secondary N) is 1. The van der Waals surface area contributed by atoms with E-state index in [1.807, 2.05) is 4.90 Å². The Morgan fingerprint density at radius 3 is 2.78 bits per heavy atom. The fourth-order valence-electron chi connectivity index (χ4n) is 2.43. The van der Waals surface area contributed by atoms with Gasteiger partial charge in [0.1, 0.15) is 12.9 Å². The number of rotatable bonds is 3. The van der Waals surface area contributed by atoms with Crippen molar-refractivity contribution in [3.63, 3.8) is 0 Å². The van der Waals surface area contributed by atoms with Crippen LogP contribution in [0.25, 0.3) is 0 Å². The SMILES string of the molecule is O=C(Cn1cnnn1)N1CC(N2CCNCC2)C1. The van der Waals surface area contributed by atoms with Gasteiger partial charge in [-0.05, 0) is 10.4 Å². The van der Waals surface area contributed by atoms with Crippen LogP contribution < -0.4 is 5.32 Å². The van der Waals surface area contributed by atoms with Crippen molar-refractivity contribution in [2.45, 2.75) is 12.6 Å². The number of likely N-dealkylation sites (tertiary alicyclic amines) is 1. The lowest BCUT2D eigenvalue weighted by atomic mass is 10.1. The van der Waals surface area contributed by atoms with Gasteiger partial charge in [0.15, 0.2) is 0 Å². The van der Waals surface area contributed by atoms with Crippen LogP contribution in [-0.2, 0) is 11.3 Å². The predicted octanol–water partition coefficient (Wildman–Crippen LogP) is -2.21. The Morgan fingerprint density at radius 2 is 2.11 bits per heavy atom. The van der Waals surface area contributed by atoms with Crippen LogP contribution in [0.1, 0.15) is 0 Å². The zero-order valence-electron chi connectivity index (χ0n) is 10.2. The first-order chi connectivity index (χ1) is 8.83. The molecule has 98 valence electrons. The van der Waals surface area contributed by atoms with Gasteiger partial charge in [0.25, 0.3) is 0 Å². The minimum atomic E-state index is 0.0914. The van der Waals surface area contributed by atoms with Gasteiger partial charge in [-0.3, -0.25) is 9.69 Å². The summed E-state index contributed by atoms with van der Waals surface area (Å²) < 4.78 is 1.46. The maximum Gasteiger partial charge on any atom is 0.244 e. The number of nitrogens with zero attached hydrogens (tertiary/aromatic N) is 6. The summed E-state index contributed by atoms with van der Waals surface area (Å²) in [6.07, 6.45) is 1.46. The van der Waals surface area contributed by atoms with Gasteiger partial charge in [0, 0.05) is 45.3 Å². The summed E-state index contributed by atoms with van der Waals surface area (Å²) in [6, 6.07) is 0.532. The average Bonchev–Trinajstić information content (AvgIpc) is 2.81. The van der Waals surface area contributed by atoms with E-state index in [9.17, 15) is 4.79 Å². The Hall–Kier alpha value is -1.54. The monoisotopic (exact) mass is 251 g/mol. The molecule has 1 amide bonds. The smallest absolute Gasteiger partial charge is 0.244 e. The van der Waals surface area contributed by atoms with E-state index in [0.717, 1.165) is 39.3 Å². The topological polar surface area (TPSA) is 79.2 Å². The number of hydrogen-bond donors (Lipinski definition) is 1. The Balaban J connectivity index is 1.45. The molecule has 0 saturated carbocycles. The van der Waals surface area contributed by atoms with Crippen molar-refractivity contribution in [1.82, 2.24) is 35.3 Å². The molecule has 0 aliphatic carbocycles. The van der Waals surface area contributed by atoms with E-state index >= 15 is 0 Å². The summed E-state index contributed by atoms with van der Waals surface area (Å²) in [6.45, 7) is 6.17. The molecule has 0 bridgehead atoms. The van der Waals surface area contributed by atoms with Gasteiger partial charge in [-0.25, -0.2) is 4.68 Å². The van der Waals surface area contributed by atoms with Crippen LogP contribution in [0.3, 0.4) is 0 Å². The van der Waals surface area contributed by atoms with Gasteiger partial charge in [0.05, 0.1) is 0 Å². The molecule has 2 saturated heterocycles. The van der Waals surface area contributed by atoms with Crippen LogP contribution >= 0.6 is 0 Å². The lowest BCUT2D eigenvalue weighted by Gasteiger charge is -2.46. The molecular weight excluding hydrogens is 234 g/mol. The van der Waals surface area contributed by atoms with Crippen molar-refractivity contribution >= 4 is 5.91 Å². The molecule has 2 aliphatic rings. The number of aromatic nitrogens is 4. The second kappa shape index (κ2) is 4.99. The van der Waals surface area contributed by atoms with Crippen LogP contribution in [0, 0.1) is 0 Å². The lowest BCUT2D eigenvalue weighted by Crippen LogP contribution is -2.64. The zero-order valence-corrected chi connectivity index (χ0v) is 10.2. The molecule has 3 rings (SSSR count). The van der Waals surface area contributed by atoms with Crippen LogP contribution in [0.2, 0.25) is 0 Å². The molecule has 18 heavy (non-hydrogen) atoms. The molecule has 0 unspecified atom stereocenters. The summed E-state index contributed by atoms with van der Waals surface area (Å²) in [7, 11) is 0. The third kappa shape index (κ3) is 2.34. The summed E-state index contributed by atoms with van der Waals surface area (Å²) in [5.74, 6) is 0.0914. The molecule has 3 heterocycles. The molecule has 8 nitrogen and oxygen atoms in total. The van der Waals surface area contributed by atoms with Crippen LogP contribution in [0.5, 0.6) is 0 Å². The molecule has 1 aromatic rings. The number of amides is 1. The largest absolute Gasteiger partial charge is 0.338 e. The number of carbonyl (C=O) groups is 1. The molecule has 0 spiro atoms. The maximum atomic E-state index is 11.9.